The number of para-hydroxylation sites is 1. The summed E-state index contributed by atoms with van der Waals surface area (Å²) in [5.74, 6) is 5.83. The van der Waals surface area contributed by atoms with Crippen LogP contribution in [-0.2, 0) is 0 Å². The Hall–Kier alpha value is -2.24. The largest absolute Gasteiger partial charge is 0.456 e. The Morgan fingerprint density at radius 2 is 2.20 bits per heavy atom. The van der Waals surface area contributed by atoms with E-state index in [0.717, 1.165) is 11.1 Å². The maximum absolute atomic E-state index is 13.7. The molecule has 3 aromatic rings. The zero-order chi connectivity index (χ0) is 14.1. The SMILES string of the molecule is Cc1cnccc1C(NN)c1cc2cccc(F)c2o1. The number of aromatic nitrogens is 1. The molecule has 0 bridgehead atoms. The molecule has 0 fully saturated rings. The van der Waals surface area contributed by atoms with Crippen LogP contribution in [0, 0.1) is 12.7 Å². The molecule has 0 aliphatic heterocycles. The van der Waals surface area contributed by atoms with Crippen LogP contribution in [0.5, 0.6) is 0 Å². The van der Waals surface area contributed by atoms with Gasteiger partial charge in [-0.3, -0.25) is 10.8 Å². The number of furan rings is 1. The fourth-order valence-electron chi connectivity index (χ4n) is 2.32. The second-order valence-electron chi connectivity index (χ2n) is 4.64. The molecule has 4 nitrogen and oxygen atoms in total. The number of hydrazine groups is 1. The number of halogens is 1. The van der Waals surface area contributed by atoms with E-state index in [9.17, 15) is 4.39 Å². The molecule has 3 N–H and O–H groups in total. The van der Waals surface area contributed by atoms with Gasteiger partial charge in [0.05, 0.1) is 0 Å². The van der Waals surface area contributed by atoms with Crippen molar-refractivity contribution in [3.05, 3.63) is 65.4 Å². The lowest BCUT2D eigenvalue weighted by molar-refractivity contribution is 0.464. The Balaban J connectivity index is 2.12. The van der Waals surface area contributed by atoms with Crippen molar-refractivity contribution in [2.75, 3.05) is 0 Å². The number of benzene rings is 1. The molecule has 0 saturated carbocycles. The molecule has 0 aliphatic carbocycles. The van der Waals surface area contributed by atoms with E-state index in [1.165, 1.54) is 6.07 Å². The molecule has 0 amide bonds. The molecular formula is C15H14FN3O. The van der Waals surface area contributed by atoms with Crippen LogP contribution in [0.25, 0.3) is 11.0 Å². The minimum Gasteiger partial charge on any atom is -0.456 e. The topological polar surface area (TPSA) is 64.1 Å². The van der Waals surface area contributed by atoms with Gasteiger partial charge in [-0.2, -0.15) is 0 Å². The van der Waals surface area contributed by atoms with Gasteiger partial charge in [0.15, 0.2) is 11.4 Å². The lowest BCUT2D eigenvalue weighted by Crippen LogP contribution is -2.29. The lowest BCUT2D eigenvalue weighted by atomic mass is 10.0. The highest BCUT2D eigenvalue weighted by Gasteiger charge is 2.19. The summed E-state index contributed by atoms with van der Waals surface area (Å²) in [6.07, 6.45) is 3.44. The third-order valence-electron chi connectivity index (χ3n) is 3.34. The number of rotatable bonds is 3. The zero-order valence-corrected chi connectivity index (χ0v) is 10.9. The van der Waals surface area contributed by atoms with Gasteiger partial charge < -0.3 is 4.42 Å². The summed E-state index contributed by atoms with van der Waals surface area (Å²) in [7, 11) is 0. The Morgan fingerprint density at radius 1 is 1.35 bits per heavy atom. The fraction of sp³-hybridized carbons (Fsp3) is 0.133. The van der Waals surface area contributed by atoms with Gasteiger partial charge in [-0.15, -0.1) is 0 Å². The molecule has 0 radical (unpaired) electrons. The van der Waals surface area contributed by atoms with Crippen LogP contribution < -0.4 is 11.3 Å². The van der Waals surface area contributed by atoms with E-state index in [4.69, 9.17) is 10.3 Å². The van der Waals surface area contributed by atoms with Gasteiger partial charge in [0.2, 0.25) is 0 Å². The maximum atomic E-state index is 13.7. The molecule has 1 aromatic carbocycles. The lowest BCUT2D eigenvalue weighted by Gasteiger charge is -2.15. The van der Waals surface area contributed by atoms with Gasteiger partial charge in [0, 0.05) is 17.8 Å². The number of nitrogens with zero attached hydrogens (tertiary/aromatic N) is 1. The monoisotopic (exact) mass is 271 g/mol. The van der Waals surface area contributed by atoms with E-state index in [-0.39, 0.29) is 17.4 Å². The number of hydrogen-bond donors (Lipinski definition) is 2. The third-order valence-corrected chi connectivity index (χ3v) is 3.34. The van der Waals surface area contributed by atoms with Crippen molar-refractivity contribution in [2.24, 2.45) is 5.84 Å². The highest BCUT2D eigenvalue weighted by Crippen LogP contribution is 2.30. The van der Waals surface area contributed by atoms with Gasteiger partial charge >= 0.3 is 0 Å². The maximum Gasteiger partial charge on any atom is 0.169 e. The van der Waals surface area contributed by atoms with Gasteiger partial charge in [-0.1, -0.05) is 12.1 Å². The Kier molecular flexibility index (Phi) is 3.22. The molecule has 1 unspecified atom stereocenters. The number of nitrogens with two attached hydrogens (primary N) is 1. The van der Waals surface area contributed by atoms with Crippen molar-refractivity contribution in [3.63, 3.8) is 0 Å². The number of aryl methyl sites for hydroxylation is 1. The standard InChI is InChI=1S/C15H14FN3O/c1-9-8-18-6-5-11(9)14(19-17)13-7-10-3-2-4-12(16)15(10)20-13/h2-8,14,19H,17H2,1H3. The van der Waals surface area contributed by atoms with Crippen LogP contribution in [0.15, 0.2) is 47.1 Å². The van der Waals surface area contributed by atoms with Crippen LogP contribution in [0.1, 0.15) is 22.9 Å². The summed E-state index contributed by atoms with van der Waals surface area (Å²) in [4.78, 5) is 4.05. The molecule has 0 spiro atoms. The van der Waals surface area contributed by atoms with Crippen molar-refractivity contribution in [1.29, 1.82) is 0 Å². The quantitative estimate of drug-likeness (QED) is 0.568. The molecule has 1 atom stereocenters. The van der Waals surface area contributed by atoms with E-state index < -0.39 is 0 Å². The first-order valence-electron chi connectivity index (χ1n) is 6.25. The second kappa shape index (κ2) is 5.03. The normalized spacial score (nSPS) is 12.8. The Bertz CT molecular complexity index is 754. The summed E-state index contributed by atoms with van der Waals surface area (Å²) in [5, 5.41) is 0.715. The van der Waals surface area contributed by atoms with Crippen LogP contribution in [0.2, 0.25) is 0 Å². The molecule has 0 saturated heterocycles. The Labute approximate surface area is 115 Å². The molecule has 0 aliphatic rings. The average Bonchev–Trinajstić information content (AvgIpc) is 2.87. The zero-order valence-electron chi connectivity index (χ0n) is 10.9. The van der Waals surface area contributed by atoms with Crippen molar-refractivity contribution < 1.29 is 8.81 Å². The van der Waals surface area contributed by atoms with E-state index in [0.29, 0.717) is 11.1 Å². The van der Waals surface area contributed by atoms with Gasteiger partial charge in [0.1, 0.15) is 11.8 Å². The third kappa shape index (κ3) is 2.07. The van der Waals surface area contributed by atoms with Crippen LogP contribution in [-0.4, -0.2) is 4.98 Å². The summed E-state index contributed by atoms with van der Waals surface area (Å²) in [5.41, 5.74) is 4.89. The number of hydrogen-bond acceptors (Lipinski definition) is 4. The van der Waals surface area contributed by atoms with Crippen molar-refractivity contribution in [1.82, 2.24) is 10.4 Å². The first kappa shape index (κ1) is 12.8. The van der Waals surface area contributed by atoms with Crippen LogP contribution >= 0.6 is 0 Å². The van der Waals surface area contributed by atoms with Crippen LogP contribution in [0.3, 0.4) is 0 Å². The first-order valence-corrected chi connectivity index (χ1v) is 6.25. The first-order chi connectivity index (χ1) is 9.70. The van der Waals surface area contributed by atoms with E-state index in [1.54, 1.807) is 30.6 Å². The molecule has 2 aromatic heterocycles. The summed E-state index contributed by atoms with van der Waals surface area (Å²) < 4.78 is 19.3. The van der Waals surface area contributed by atoms with E-state index in [1.807, 2.05) is 13.0 Å². The van der Waals surface area contributed by atoms with Crippen molar-refractivity contribution in [3.8, 4) is 0 Å². The second-order valence-corrected chi connectivity index (χ2v) is 4.64. The van der Waals surface area contributed by atoms with Gasteiger partial charge in [-0.25, -0.2) is 9.82 Å². The summed E-state index contributed by atoms with van der Waals surface area (Å²) >= 11 is 0. The van der Waals surface area contributed by atoms with E-state index in [2.05, 4.69) is 10.4 Å². The Morgan fingerprint density at radius 3 is 2.90 bits per heavy atom. The number of pyridine rings is 1. The minimum absolute atomic E-state index is 0.245. The van der Waals surface area contributed by atoms with E-state index >= 15 is 0 Å². The number of nitrogens with one attached hydrogen (secondary N) is 1. The molecule has 5 heteroatoms. The van der Waals surface area contributed by atoms with Crippen LogP contribution in [0.4, 0.5) is 4.39 Å². The molecule has 2 heterocycles. The highest BCUT2D eigenvalue weighted by molar-refractivity contribution is 5.78. The average molecular weight is 271 g/mol. The molecule has 3 rings (SSSR count). The summed E-state index contributed by atoms with van der Waals surface area (Å²) in [6, 6.07) is 8.15. The smallest absolute Gasteiger partial charge is 0.169 e. The fourth-order valence-corrected chi connectivity index (χ4v) is 2.32. The van der Waals surface area contributed by atoms with Crippen molar-refractivity contribution >= 4 is 11.0 Å². The predicted octanol–water partition coefficient (Wildman–Crippen LogP) is 2.83. The molecule has 20 heavy (non-hydrogen) atoms. The van der Waals surface area contributed by atoms with Gasteiger partial charge in [0.25, 0.3) is 0 Å². The minimum atomic E-state index is -0.379. The molecular weight excluding hydrogens is 257 g/mol. The number of fused-ring (bicyclic) bond motifs is 1. The van der Waals surface area contributed by atoms with Gasteiger partial charge in [-0.05, 0) is 36.2 Å². The predicted molar refractivity (Wildman–Crippen MR) is 74.3 cm³/mol. The summed E-state index contributed by atoms with van der Waals surface area (Å²) in [6.45, 7) is 1.94. The molecule has 102 valence electrons. The highest BCUT2D eigenvalue weighted by atomic mass is 19.1. The van der Waals surface area contributed by atoms with Crippen molar-refractivity contribution in [2.45, 2.75) is 13.0 Å².